The number of anilines is 1. The molecule has 0 N–H and O–H groups in total. The Kier molecular flexibility index (Phi) is 2.87. The smallest absolute Gasteiger partial charge is 0.251 e. The van der Waals surface area contributed by atoms with Crippen molar-refractivity contribution in [3.8, 4) is 0 Å². The maximum atomic E-state index is 13.0. The molecule has 1 heterocycles. The van der Waals surface area contributed by atoms with E-state index in [1.165, 1.54) is 11.1 Å². The molecule has 0 bridgehead atoms. The van der Waals surface area contributed by atoms with Crippen LogP contribution in [0.1, 0.15) is 24.0 Å². The first-order chi connectivity index (χ1) is 7.48. The monoisotopic (exact) mass is 225 g/mol. The van der Waals surface area contributed by atoms with Gasteiger partial charge in [0.05, 0.1) is 0 Å². The molecule has 0 spiro atoms. The third kappa shape index (κ3) is 2.34. The van der Waals surface area contributed by atoms with Gasteiger partial charge in [-0.1, -0.05) is 6.07 Å². The second kappa shape index (κ2) is 4.04. The molecule has 0 aromatic heterocycles. The van der Waals surface area contributed by atoms with Crippen LogP contribution in [-0.2, 0) is 0 Å². The molecule has 1 nitrogen and oxygen atoms in total. The Labute approximate surface area is 95.1 Å². The summed E-state index contributed by atoms with van der Waals surface area (Å²) in [4.78, 5) is 2.05. The number of rotatable bonds is 1. The van der Waals surface area contributed by atoms with Gasteiger partial charge in [-0.3, -0.25) is 0 Å². The Morgan fingerprint density at radius 2 is 1.69 bits per heavy atom. The van der Waals surface area contributed by atoms with Crippen LogP contribution < -0.4 is 4.90 Å². The second-order valence-corrected chi connectivity index (χ2v) is 4.61. The van der Waals surface area contributed by atoms with E-state index in [1.807, 2.05) is 11.0 Å². The van der Waals surface area contributed by atoms with Crippen molar-refractivity contribution in [2.45, 2.75) is 32.6 Å². The third-order valence-electron chi connectivity index (χ3n) is 3.35. The first-order valence-corrected chi connectivity index (χ1v) is 5.68. The van der Waals surface area contributed by atoms with Gasteiger partial charge in [0.25, 0.3) is 5.92 Å². The average molecular weight is 225 g/mol. The van der Waals surface area contributed by atoms with Gasteiger partial charge < -0.3 is 4.90 Å². The summed E-state index contributed by atoms with van der Waals surface area (Å²) in [6.45, 7) is 5.02. The number of piperidine rings is 1. The van der Waals surface area contributed by atoms with Crippen LogP contribution >= 0.6 is 0 Å². The number of hydrogen-bond acceptors (Lipinski definition) is 1. The summed E-state index contributed by atoms with van der Waals surface area (Å²) in [5.41, 5.74) is 3.53. The predicted octanol–water partition coefficient (Wildman–Crippen LogP) is 3.54. The van der Waals surface area contributed by atoms with Crippen molar-refractivity contribution < 1.29 is 8.78 Å². The van der Waals surface area contributed by atoms with E-state index in [2.05, 4.69) is 26.0 Å². The fraction of sp³-hybridized carbons (Fsp3) is 0.538. The van der Waals surface area contributed by atoms with Gasteiger partial charge in [-0.25, -0.2) is 8.78 Å². The van der Waals surface area contributed by atoms with E-state index in [-0.39, 0.29) is 12.8 Å². The van der Waals surface area contributed by atoms with Crippen molar-refractivity contribution in [3.63, 3.8) is 0 Å². The van der Waals surface area contributed by atoms with Gasteiger partial charge in [0.1, 0.15) is 0 Å². The van der Waals surface area contributed by atoms with Gasteiger partial charge in [0.15, 0.2) is 0 Å². The zero-order valence-electron chi connectivity index (χ0n) is 9.76. The highest BCUT2D eigenvalue weighted by molar-refractivity contribution is 5.51. The lowest BCUT2D eigenvalue weighted by molar-refractivity contribution is -0.0220. The highest BCUT2D eigenvalue weighted by atomic mass is 19.3. The van der Waals surface area contributed by atoms with Crippen molar-refractivity contribution in [2.75, 3.05) is 18.0 Å². The molecule has 2 rings (SSSR count). The highest BCUT2D eigenvalue weighted by Gasteiger charge is 2.33. The maximum absolute atomic E-state index is 13.0. The number of hydrogen-bond donors (Lipinski definition) is 0. The highest BCUT2D eigenvalue weighted by Crippen LogP contribution is 2.30. The predicted molar refractivity (Wildman–Crippen MR) is 62.3 cm³/mol. The number of benzene rings is 1. The van der Waals surface area contributed by atoms with Crippen LogP contribution in [0.25, 0.3) is 0 Å². The van der Waals surface area contributed by atoms with Crippen molar-refractivity contribution >= 4 is 5.69 Å². The lowest BCUT2D eigenvalue weighted by atomic mass is 10.0. The fourth-order valence-corrected chi connectivity index (χ4v) is 2.01. The number of halogens is 2. The Morgan fingerprint density at radius 3 is 2.25 bits per heavy atom. The van der Waals surface area contributed by atoms with E-state index < -0.39 is 5.92 Å². The minimum atomic E-state index is -2.46. The number of aryl methyl sites for hydroxylation is 2. The molecule has 0 radical (unpaired) electrons. The van der Waals surface area contributed by atoms with E-state index in [4.69, 9.17) is 0 Å². The van der Waals surface area contributed by atoms with E-state index in [9.17, 15) is 8.78 Å². The Hall–Kier alpha value is -1.12. The minimum Gasteiger partial charge on any atom is -0.371 e. The molecule has 0 atom stereocenters. The number of nitrogens with zero attached hydrogens (tertiary/aromatic N) is 1. The van der Waals surface area contributed by atoms with Crippen molar-refractivity contribution in [2.24, 2.45) is 0 Å². The average Bonchev–Trinajstić information content (AvgIpc) is 2.22. The largest absolute Gasteiger partial charge is 0.371 e. The molecule has 1 saturated heterocycles. The summed E-state index contributed by atoms with van der Waals surface area (Å²) >= 11 is 0. The number of alkyl halides is 2. The van der Waals surface area contributed by atoms with Crippen LogP contribution in [0.4, 0.5) is 14.5 Å². The molecule has 0 aliphatic carbocycles. The summed E-state index contributed by atoms with van der Waals surface area (Å²) < 4.78 is 26.0. The molecule has 1 aliphatic heterocycles. The summed E-state index contributed by atoms with van der Waals surface area (Å²) in [5, 5.41) is 0. The maximum Gasteiger partial charge on any atom is 0.251 e. The molecular formula is C13H17F2N. The van der Waals surface area contributed by atoms with E-state index in [0.29, 0.717) is 13.1 Å². The van der Waals surface area contributed by atoms with Gasteiger partial charge in [-0.15, -0.1) is 0 Å². The molecule has 1 fully saturated rings. The molecular weight excluding hydrogens is 208 g/mol. The summed E-state index contributed by atoms with van der Waals surface area (Å²) in [7, 11) is 0. The van der Waals surface area contributed by atoms with Gasteiger partial charge in [-0.2, -0.15) is 0 Å². The second-order valence-electron chi connectivity index (χ2n) is 4.61. The first kappa shape index (κ1) is 11.4. The zero-order chi connectivity index (χ0) is 11.8. The standard InChI is InChI=1S/C13H17F2N/c1-10-3-4-12(9-11(10)2)16-7-5-13(14,15)6-8-16/h3-4,9H,5-8H2,1-2H3. The Morgan fingerprint density at radius 1 is 1.06 bits per heavy atom. The first-order valence-electron chi connectivity index (χ1n) is 5.68. The molecule has 3 heteroatoms. The molecule has 0 saturated carbocycles. The molecule has 88 valence electrons. The molecule has 0 amide bonds. The third-order valence-corrected chi connectivity index (χ3v) is 3.35. The molecule has 1 aromatic carbocycles. The molecule has 1 aliphatic rings. The zero-order valence-corrected chi connectivity index (χ0v) is 9.76. The summed E-state index contributed by atoms with van der Waals surface area (Å²) in [5.74, 6) is -2.46. The summed E-state index contributed by atoms with van der Waals surface area (Å²) in [6, 6.07) is 6.15. The van der Waals surface area contributed by atoms with Crippen LogP contribution in [0.3, 0.4) is 0 Å². The van der Waals surface area contributed by atoms with E-state index in [0.717, 1.165) is 5.69 Å². The van der Waals surface area contributed by atoms with Crippen LogP contribution in [0.15, 0.2) is 18.2 Å². The van der Waals surface area contributed by atoms with Gasteiger partial charge >= 0.3 is 0 Å². The topological polar surface area (TPSA) is 3.24 Å². The van der Waals surface area contributed by atoms with Crippen molar-refractivity contribution in [1.29, 1.82) is 0 Å². The van der Waals surface area contributed by atoms with Crippen molar-refractivity contribution in [1.82, 2.24) is 0 Å². The molecule has 16 heavy (non-hydrogen) atoms. The Balaban J connectivity index is 2.11. The quantitative estimate of drug-likeness (QED) is 0.706. The SMILES string of the molecule is Cc1ccc(N2CCC(F)(F)CC2)cc1C. The molecule has 1 aromatic rings. The van der Waals surface area contributed by atoms with Crippen molar-refractivity contribution in [3.05, 3.63) is 29.3 Å². The lowest BCUT2D eigenvalue weighted by Crippen LogP contribution is -2.39. The summed E-state index contributed by atoms with van der Waals surface area (Å²) in [6.07, 6.45) is -0.0557. The minimum absolute atomic E-state index is 0.0279. The van der Waals surface area contributed by atoms with Gasteiger partial charge in [-0.05, 0) is 37.1 Å². The fourth-order valence-electron chi connectivity index (χ4n) is 2.01. The van der Waals surface area contributed by atoms with E-state index >= 15 is 0 Å². The van der Waals surface area contributed by atoms with Gasteiger partial charge in [0.2, 0.25) is 0 Å². The normalized spacial score (nSPS) is 19.9. The van der Waals surface area contributed by atoms with Crippen LogP contribution in [0.2, 0.25) is 0 Å². The van der Waals surface area contributed by atoms with Crippen LogP contribution in [0, 0.1) is 13.8 Å². The van der Waals surface area contributed by atoms with Crippen LogP contribution in [-0.4, -0.2) is 19.0 Å². The molecule has 0 unspecified atom stereocenters. The lowest BCUT2D eigenvalue weighted by Gasteiger charge is -2.33. The van der Waals surface area contributed by atoms with E-state index in [1.54, 1.807) is 0 Å². The van der Waals surface area contributed by atoms with Gasteiger partial charge in [0, 0.05) is 31.6 Å². The van der Waals surface area contributed by atoms with Crippen LogP contribution in [0.5, 0.6) is 0 Å². The Bertz CT molecular complexity index is 378.